The highest BCUT2D eigenvalue weighted by molar-refractivity contribution is 6.34. The van der Waals surface area contributed by atoms with E-state index >= 15 is 0 Å². The van der Waals surface area contributed by atoms with Crippen molar-refractivity contribution in [3.05, 3.63) is 41.4 Å². The van der Waals surface area contributed by atoms with Crippen LogP contribution in [0.4, 0.5) is 11.4 Å². The second kappa shape index (κ2) is 5.62. The summed E-state index contributed by atoms with van der Waals surface area (Å²) in [5, 5.41) is 3.47. The van der Waals surface area contributed by atoms with Crippen molar-refractivity contribution in [1.82, 2.24) is 9.55 Å². The lowest BCUT2D eigenvalue weighted by atomic mass is 10.1. The molecule has 6 nitrogen and oxygen atoms in total. The number of nitrogens with one attached hydrogen (secondary N) is 1. The maximum atomic E-state index is 11.4. The summed E-state index contributed by atoms with van der Waals surface area (Å²) in [6.45, 7) is 1.28. The molecule has 7 heteroatoms. The summed E-state index contributed by atoms with van der Waals surface area (Å²) in [6, 6.07) is 3.08. The lowest BCUT2D eigenvalue weighted by molar-refractivity contribution is 0.100. The number of primary amides is 1. The molecule has 19 heavy (non-hydrogen) atoms. The van der Waals surface area contributed by atoms with Crippen LogP contribution in [0.3, 0.4) is 0 Å². The number of rotatable bonds is 5. The van der Waals surface area contributed by atoms with Crippen molar-refractivity contribution >= 4 is 28.9 Å². The average Bonchev–Trinajstić information content (AvgIpc) is 2.84. The molecular formula is C12H14ClN5O. The zero-order valence-electron chi connectivity index (χ0n) is 10.1. The third-order valence-electron chi connectivity index (χ3n) is 2.61. The Morgan fingerprint density at radius 3 is 2.89 bits per heavy atom. The van der Waals surface area contributed by atoms with Gasteiger partial charge in [0.15, 0.2) is 0 Å². The molecule has 0 aliphatic rings. The molecule has 1 aromatic carbocycles. The van der Waals surface area contributed by atoms with Gasteiger partial charge in [0.2, 0.25) is 0 Å². The normalized spacial score (nSPS) is 10.4. The molecule has 2 aromatic rings. The summed E-state index contributed by atoms with van der Waals surface area (Å²) in [7, 11) is 0. The topological polar surface area (TPSA) is 99.0 Å². The molecule has 1 heterocycles. The Balaban J connectivity index is 2.12. The van der Waals surface area contributed by atoms with Gasteiger partial charge in [0.05, 0.1) is 22.6 Å². The molecule has 0 aliphatic heterocycles. The second-order valence-electron chi connectivity index (χ2n) is 4.02. The molecule has 5 N–H and O–H groups in total. The Morgan fingerprint density at radius 2 is 2.26 bits per heavy atom. The average molecular weight is 280 g/mol. The quantitative estimate of drug-likeness (QED) is 0.719. The Hall–Kier alpha value is -2.21. The van der Waals surface area contributed by atoms with Crippen LogP contribution in [0.2, 0.25) is 5.02 Å². The molecule has 0 aliphatic carbocycles. The molecule has 0 fully saturated rings. The first-order chi connectivity index (χ1) is 9.08. The number of amides is 1. The van der Waals surface area contributed by atoms with Crippen LogP contribution in [0.15, 0.2) is 30.9 Å². The van der Waals surface area contributed by atoms with Gasteiger partial charge in [-0.15, -0.1) is 0 Å². The lowest BCUT2D eigenvalue weighted by Gasteiger charge is -2.13. The van der Waals surface area contributed by atoms with E-state index in [9.17, 15) is 4.79 Å². The van der Waals surface area contributed by atoms with Crippen LogP contribution < -0.4 is 16.8 Å². The molecule has 0 atom stereocenters. The van der Waals surface area contributed by atoms with Crippen molar-refractivity contribution in [2.75, 3.05) is 17.6 Å². The number of carbonyl (C=O) groups excluding carboxylic acids is 1. The molecular weight excluding hydrogens is 266 g/mol. The summed E-state index contributed by atoms with van der Waals surface area (Å²) in [5.41, 5.74) is 12.1. The maximum absolute atomic E-state index is 11.4. The smallest absolute Gasteiger partial charge is 0.250 e. The molecule has 1 amide bonds. The van der Waals surface area contributed by atoms with Crippen molar-refractivity contribution < 1.29 is 4.79 Å². The highest BCUT2D eigenvalue weighted by atomic mass is 35.5. The van der Waals surface area contributed by atoms with Crippen molar-refractivity contribution in [2.45, 2.75) is 6.54 Å². The Morgan fingerprint density at radius 1 is 1.47 bits per heavy atom. The minimum Gasteiger partial charge on any atom is -0.399 e. The van der Waals surface area contributed by atoms with E-state index in [0.717, 1.165) is 0 Å². The molecule has 0 unspecified atom stereocenters. The van der Waals surface area contributed by atoms with Crippen molar-refractivity contribution in [3.63, 3.8) is 0 Å². The summed E-state index contributed by atoms with van der Waals surface area (Å²) >= 11 is 6.07. The predicted octanol–water partition coefficient (Wildman–Crippen LogP) is 1.33. The fourth-order valence-corrected chi connectivity index (χ4v) is 2.03. The van der Waals surface area contributed by atoms with E-state index in [2.05, 4.69) is 10.3 Å². The monoisotopic (exact) mass is 279 g/mol. The maximum Gasteiger partial charge on any atom is 0.250 e. The zero-order valence-corrected chi connectivity index (χ0v) is 10.9. The molecule has 0 saturated heterocycles. The van der Waals surface area contributed by atoms with Crippen LogP contribution in [0.1, 0.15) is 10.4 Å². The van der Waals surface area contributed by atoms with E-state index in [4.69, 9.17) is 23.1 Å². The minimum absolute atomic E-state index is 0.288. The Kier molecular flexibility index (Phi) is 3.91. The largest absolute Gasteiger partial charge is 0.399 e. The predicted molar refractivity (Wildman–Crippen MR) is 75.1 cm³/mol. The van der Waals surface area contributed by atoms with Gasteiger partial charge < -0.3 is 21.4 Å². The van der Waals surface area contributed by atoms with E-state index in [1.54, 1.807) is 18.6 Å². The fourth-order valence-electron chi connectivity index (χ4n) is 1.73. The Labute approximate surface area is 115 Å². The standard InChI is InChI=1S/C12H14ClN5O/c13-10-6-8(14)5-9(12(15)19)11(10)17-2-4-18-3-1-16-7-18/h1,3,5-7,17H,2,4,14H2,(H2,15,19). The minimum atomic E-state index is -0.570. The number of carbonyl (C=O) groups is 1. The molecule has 0 saturated carbocycles. The first-order valence-corrected chi connectivity index (χ1v) is 6.04. The molecule has 0 bridgehead atoms. The van der Waals surface area contributed by atoms with E-state index < -0.39 is 5.91 Å². The number of nitrogens with two attached hydrogens (primary N) is 2. The van der Waals surface area contributed by atoms with Gasteiger partial charge in [-0.3, -0.25) is 4.79 Å². The van der Waals surface area contributed by atoms with E-state index in [1.165, 1.54) is 6.07 Å². The van der Waals surface area contributed by atoms with Gasteiger partial charge in [0.25, 0.3) is 5.91 Å². The van der Waals surface area contributed by atoms with Gasteiger partial charge in [-0.05, 0) is 12.1 Å². The number of hydrogen-bond donors (Lipinski definition) is 3. The van der Waals surface area contributed by atoms with Crippen LogP contribution in [0, 0.1) is 0 Å². The highest BCUT2D eigenvalue weighted by Gasteiger charge is 2.12. The van der Waals surface area contributed by atoms with E-state index in [0.29, 0.717) is 29.5 Å². The van der Waals surface area contributed by atoms with Crippen LogP contribution in [0.25, 0.3) is 0 Å². The number of benzene rings is 1. The molecule has 2 rings (SSSR count). The summed E-state index contributed by atoms with van der Waals surface area (Å²) < 4.78 is 1.90. The zero-order chi connectivity index (χ0) is 13.8. The van der Waals surface area contributed by atoms with Crippen LogP contribution in [-0.4, -0.2) is 22.0 Å². The molecule has 100 valence electrons. The van der Waals surface area contributed by atoms with Crippen molar-refractivity contribution in [2.24, 2.45) is 5.73 Å². The highest BCUT2D eigenvalue weighted by Crippen LogP contribution is 2.28. The number of imidazole rings is 1. The molecule has 0 radical (unpaired) electrons. The number of hydrogen-bond acceptors (Lipinski definition) is 4. The number of aromatic nitrogens is 2. The summed E-state index contributed by atoms with van der Waals surface area (Å²) in [5.74, 6) is -0.570. The van der Waals surface area contributed by atoms with Gasteiger partial charge in [-0.2, -0.15) is 0 Å². The number of anilines is 2. The Bertz CT molecular complexity index is 582. The van der Waals surface area contributed by atoms with Crippen LogP contribution in [-0.2, 0) is 6.54 Å². The second-order valence-corrected chi connectivity index (χ2v) is 4.42. The van der Waals surface area contributed by atoms with Crippen molar-refractivity contribution in [1.29, 1.82) is 0 Å². The first-order valence-electron chi connectivity index (χ1n) is 5.66. The van der Waals surface area contributed by atoms with E-state index in [1.807, 2.05) is 10.8 Å². The van der Waals surface area contributed by atoms with Gasteiger partial charge >= 0.3 is 0 Å². The van der Waals surface area contributed by atoms with Gasteiger partial charge in [-0.1, -0.05) is 11.6 Å². The third-order valence-corrected chi connectivity index (χ3v) is 2.91. The molecule has 0 spiro atoms. The van der Waals surface area contributed by atoms with Crippen LogP contribution >= 0.6 is 11.6 Å². The van der Waals surface area contributed by atoms with Crippen LogP contribution in [0.5, 0.6) is 0 Å². The molecule has 1 aromatic heterocycles. The number of nitrogen functional groups attached to an aromatic ring is 1. The van der Waals surface area contributed by atoms with Gasteiger partial charge in [0.1, 0.15) is 0 Å². The fraction of sp³-hybridized carbons (Fsp3) is 0.167. The SMILES string of the molecule is NC(=O)c1cc(N)cc(Cl)c1NCCn1ccnc1. The van der Waals surface area contributed by atoms with Crippen molar-refractivity contribution in [3.8, 4) is 0 Å². The summed E-state index contributed by atoms with van der Waals surface area (Å²) in [4.78, 5) is 15.3. The number of halogens is 1. The van der Waals surface area contributed by atoms with Gasteiger partial charge in [-0.25, -0.2) is 4.98 Å². The van der Waals surface area contributed by atoms with E-state index in [-0.39, 0.29) is 5.56 Å². The number of nitrogens with zero attached hydrogens (tertiary/aromatic N) is 2. The van der Waals surface area contributed by atoms with Gasteiger partial charge in [0, 0.05) is 31.2 Å². The summed E-state index contributed by atoms with van der Waals surface area (Å²) in [6.07, 6.45) is 5.26. The first kappa shape index (κ1) is 13.2. The third kappa shape index (κ3) is 3.17. The lowest BCUT2D eigenvalue weighted by Crippen LogP contribution is -2.17.